The van der Waals surface area contributed by atoms with Gasteiger partial charge in [0.05, 0.1) is 11.9 Å². The summed E-state index contributed by atoms with van der Waals surface area (Å²) in [5, 5.41) is 3.42. The molecule has 1 atom stereocenters. The van der Waals surface area contributed by atoms with Crippen LogP contribution in [0.3, 0.4) is 0 Å². The lowest BCUT2D eigenvalue weighted by molar-refractivity contribution is 0.453. The monoisotopic (exact) mass is 310 g/mol. The predicted molar refractivity (Wildman–Crippen MR) is 88.5 cm³/mol. The Balaban J connectivity index is 2.54. The van der Waals surface area contributed by atoms with Crippen molar-refractivity contribution in [1.29, 1.82) is 0 Å². The lowest BCUT2D eigenvalue weighted by Crippen LogP contribution is -2.31. The number of hydrogen-bond acceptors (Lipinski definition) is 3. The normalized spacial score (nSPS) is 20.3. The van der Waals surface area contributed by atoms with Crippen LogP contribution in [0.25, 0.3) is 0 Å². The largest absolute Gasteiger partial charge is 0.316 e. The molecule has 118 valence electrons. The number of anilines is 1. The first-order valence-electron chi connectivity index (χ1n) is 7.50. The van der Waals surface area contributed by atoms with E-state index in [9.17, 15) is 8.42 Å². The highest BCUT2D eigenvalue weighted by Crippen LogP contribution is 2.38. The van der Waals surface area contributed by atoms with Crippen molar-refractivity contribution in [1.82, 2.24) is 5.32 Å². The zero-order chi connectivity index (χ0) is 15.7. The molecule has 1 unspecified atom stereocenters. The highest BCUT2D eigenvalue weighted by atomic mass is 32.2. The van der Waals surface area contributed by atoms with Gasteiger partial charge in [0, 0.05) is 6.54 Å². The Bertz CT molecular complexity index is 597. The van der Waals surface area contributed by atoms with E-state index in [0.29, 0.717) is 5.92 Å². The van der Waals surface area contributed by atoms with Crippen LogP contribution in [0.2, 0.25) is 0 Å². The van der Waals surface area contributed by atoms with Gasteiger partial charge in [0.1, 0.15) is 0 Å². The van der Waals surface area contributed by atoms with Gasteiger partial charge in [0.15, 0.2) is 0 Å². The Kier molecular flexibility index (Phi) is 4.63. The maximum atomic E-state index is 11.7. The fraction of sp³-hybridized carbons (Fsp3) is 0.625. The minimum atomic E-state index is -3.27. The van der Waals surface area contributed by atoms with Crippen molar-refractivity contribution in [3.05, 3.63) is 29.3 Å². The van der Waals surface area contributed by atoms with E-state index in [1.54, 1.807) is 0 Å². The molecule has 1 aromatic carbocycles. The van der Waals surface area contributed by atoms with Gasteiger partial charge >= 0.3 is 0 Å². The van der Waals surface area contributed by atoms with E-state index < -0.39 is 10.0 Å². The second-order valence-corrected chi connectivity index (χ2v) is 8.68. The molecule has 0 saturated carbocycles. The SMILES string of the molecule is CC(C)(C)c1cccc(NS(C)(=O)=O)c1C1CCCNC1. The molecule has 1 saturated heterocycles. The molecular weight excluding hydrogens is 284 g/mol. The predicted octanol–water partition coefficient (Wildman–Crippen LogP) is 2.82. The summed E-state index contributed by atoms with van der Waals surface area (Å²) in [6.07, 6.45) is 3.43. The van der Waals surface area contributed by atoms with Crippen molar-refractivity contribution in [2.75, 3.05) is 24.1 Å². The zero-order valence-electron chi connectivity index (χ0n) is 13.4. The number of hydrogen-bond donors (Lipinski definition) is 2. The second kappa shape index (κ2) is 5.97. The van der Waals surface area contributed by atoms with Crippen molar-refractivity contribution in [2.45, 2.75) is 44.9 Å². The number of piperidine rings is 1. The van der Waals surface area contributed by atoms with Crippen LogP contribution in [0.4, 0.5) is 5.69 Å². The van der Waals surface area contributed by atoms with E-state index in [1.807, 2.05) is 12.1 Å². The van der Waals surface area contributed by atoms with Crippen molar-refractivity contribution in [2.24, 2.45) is 0 Å². The van der Waals surface area contributed by atoms with Crippen LogP contribution in [0.5, 0.6) is 0 Å². The molecule has 2 N–H and O–H groups in total. The summed E-state index contributed by atoms with van der Waals surface area (Å²) in [7, 11) is -3.27. The molecule has 1 aliphatic heterocycles. The van der Waals surface area contributed by atoms with Crippen molar-refractivity contribution >= 4 is 15.7 Å². The highest BCUT2D eigenvalue weighted by Gasteiger charge is 2.27. The van der Waals surface area contributed by atoms with Crippen molar-refractivity contribution < 1.29 is 8.42 Å². The molecule has 0 amide bonds. The third-order valence-corrected chi connectivity index (χ3v) is 4.51. The smallest absolute Gasteiger partial charge is 0.229 e. The van der Waals surface area contributed by atoms with Gasteiger partial charge < -0.3 is 5.32 Å². The average Bonchev–Trinajstić information content (AvgIpc) is 2.36. The first-order valence-corrected chi connectivity index (χ1v) is 9.39. The van der Waals surface area contributed by atoms with Gasteiger partial charge in [-0.25, -0.2) is 8.42 Å². The Morgan fingerprint density at radius 1 is 1.29 bits per heavy atom. The van der Waals surface area contributed by atoms with Gasteiger partial charge in [-0.15, -0.1) is 0 Å². The Morgan fingerprint density at radius 3 is 2.52 bits per heavy atom. The molecular formula is C16H26N2O2S. The van der Waals surface area contributed by atoms with E-state index in [0.717, 1.165) is 37.2 Å². The van der Waals surface area contributed by atoms with E-state index >= 15 is 0 Å². The summed E-state index contributed by atoms with van der Waals surface area (Å²) in [4.78, 5) is 0. The Labute approximate surface area is 128 Å². The van der Waals surface area contributed by atoms with Gasteiger partial charge in [-0.05, 0) is 47.9 Å². The van der Waals surface area contributed by atoms with Gasteiger partial charge in [-0.3, -0.25) is 4.72 Å². The lowest BCUT2D eigenvalue weighted by atomic mass is 9.77. The van der Waals surface area contributed by atoms with Gasteiger partial charge in [0.25, 0.3) is 0 Å². The molecule has 0 spiro atoms. The molecule has 4 nitrogen and oxygen atoms in total. The van der Waals surface area contributed by atoms with E-state index in [2.05, 4.69) is 36.9 Å². The van der Waals surface area contributed by atoms with Crippen molar-refractivity contribution in [3.63, 3.8) is 0 Å². The third-order valence-electron chi connectivity index (χ3n) is 3.91. The molecule has 0 radical (unpaired) electrons. The maximum Gasteiger partial charge on any atom is 0.229 e. The summed E-state index contributed by atoms with van der Waals surface area (Å²) in [5.74, 6) is 0.360. The first-order chi connectivity index (χ1) is 9.68. The van der Waals surface area contributed by atoms with E-state index in [-0.39, 0.29) is 5.41 Å². The molecule has 1 aliphatic rings. The van der Waals surface area contributed by atoms with Crippen LogP contribution in [-0.4, -0.2) is 27.8 Å². The van der Waals surface area contributed by atoms with Crippen LogP contribution >= 0.6 is 0 Å². The fourth-order valence-corrected chi connectivity index (χ4v) is 3.62. The van der Waals surface area contributed by atoms with Crippen LogP contribution in [0.15, 0.2) is 18.2 Å². The fourth-order valence-electron chi connectivity index (χ4n) is 3.05. The minimum Gasteiger partial charge on any atom is -0.316 e. The molecule has 5 heteroatoms. The number of nitrogens with one attached hydrogen (secondary N) is 2. The van der Waals surface area contributed by atoms with Crippen molar-refractivity contribution in [3.8, 4) is 0 Å². The lowest BCUT2D eigenvalue weighted by Gasteiger charge is -2.32. The van der Waals surface area contributed by atoms with Crippen LogP contribution in [0, 0.1) is 0 Å². The Morgan fingerprint density at radius 2 is 2.00 bits per heavy atom. The summed E-state index contributed by atoms with van der Waals surface area (Å²) < 4.78 is 26.0. The average molecular weight is 310 g/mol. The number of benzene rings is 1. The van der Waals surface area contributed by atoms with Gasteiger partial charge in [-0.2, -0.15) is 0 Å². The molecule has 21 heavy (non-hydrogen) atoms. The van der Waals surface area contributed by atoms with Crippen LogP contribution in [0.1, 0.15) is 50.7 Å². The molecule has 1 aromatic rings. The molecule has 0 aromatic heterocycles. The maximum absolute atomic E-state index is 11.7. The summed E-state index contributed by atoms with van der Waals surface area (Å²) in [5.41, 5.74) is 3.10. The quantitative estimate of drug-likeness (QED) is 0.902. The Hall–Kier alpha value is -1.07. The van der Waals surface area contributed by atoms with E-state index in [4.69, 9.17) is 0 Å². The highest BCUT2D eigenvalue weighted by molar-refractivity contribution is 7.92. The second-order valence-electron chi connectivity index (χ2n) is 6.93. The summed E-state index contributed by atoms with van der Waals surface area (Å²) in [6, 6.07) is 5.94. The number of rotatable bonds is 3. The molecule has 0 bridgehead atoms. The third kappa shape index (κ3) is 4.20. The molecule has 1 fully saturated rings. The molecule has 2 rings (SSSR count). The molecule has 0 aliphatic carbocycles. The minimum absolute atomic E-state index is 0.0119. The zero-order valence-corrected chi connectivity index (χ0v) is 14.2. The number of sulfonamides is 1. The molecule has 1 heterocycles. The van der Waals surface area contributed by atoms with E-state index in [1.165, 1.54) is 11.8 Å². The van der Waals surface area contributed by atoms with Crippen LogP contribution < -0.4 is 10.0 Å². The standard InChI is InChI=1S/C16H26N2O2S/c1-16(2,3)13-8-5-9-14(18-21(4,19)20)15(13)12-7-6-10-17-11-12/h5,8-9,12,17-18H,6-7,10-11H2,1-4H3. The summed E-state index contributed by atoms with van der Waals surface area (Å²) in [6.45, 7) is 8.47. The topological polar surface area (TPSA) is 58.2 Å². The summed E-state index contributed by atoms with van der Waals surface area (Å²) >= 11 is 0. The van der Waals surface area contributed by atoms with Gasteiger partial charge in [-0.1, -0.05) is 32.9 Å². The van der Waals surface area contributed by atoms with Gasteiger partial charge in [0.2, 0.25) is 10.0 Å². The first kappa shape index (κ1) is 16.3. The van der Waals surface area contributed by atoms with Crippen LogP contribution in [-0.2, 0) is 15.4 Å².